The van der Waals surface area contributed by atoms with Gasteiger partial charge in [0.1, 0.15) is 18.8 Å². The number of carboxylic acid groups (broad SMARTS) is 2. The highest BCUT2D eigenvalue weighted by Gasteiger charge is 2.34. The lowest BCUT2D eigenvalue weighted by molar-refractivity contribution is -0.146. The van der Waals surface area contributed by atoms with E-state index in [9.17, 15) is 30.0 Å². The average molecular weight is 813 g/mol. The average Bonchev–Trinajstić information content (AvgIpc) is 4.16. The maximum Gasteiger partial charge on any atom is 0.326 e. The Kier molecular flexibility index (Phi) is 13.5. The first-order chi connectivity index (χ1) is 28.2. The number of nitrogens with one attached hydrogen (secondary N) is 2. The van der Waals surface area contributed by atoms with Crippen molar-refractivity contribution in [2.75, 3.05) is 27.4 Å². The monoisotopic (exact) mass is 812 g/mol. The van der Waals surface area contributed by atoms with Gasteiger partial charge in [-0.1, -0.05) is 36.4 Å². The first-order valence-corrected chi connectivity index (χ1v) is 20.0. The van der Waals surface area contributed by atoms with Crippen LogP contribution in [-0.2, 0) is 35.9 Å². The molecule has 2 aliphatic carbocycles. The SMILES string of the molecule is COc1nc(OCc2cccc(-c3cccc(COc4nc(OC)c(CN[C@](C)(CO)C(=O)O)cc4C4CC4)c3C)c2C)c(C2CC2)cc1CN[C@](C)(CO)CC(=O)O. The highest BCUT2D eigenvalue weighted by molar-refractivity contribution is 5.78. The Morgan fingerprint density at radius 2 is 1.15 bits per heavy atom. The van der Waals surface area contributed by atoms with Gasteiger partial charge in [0.2, 0.25) is 23.5 Å². The molecule has 6 rings (SSSR count). The summed E-state index contributed by atoms with van der Waals surface area (Å²) < 4.78 is 24.2. The van der Waals surface area contributed by atoms with Crippen molar-refractivity contribution >= 4 is 11.9 Å². The van der Waals surface area contributed by atoms with Gasteiger partial charge in [0.15, 0.2) is 0 Å². The number of hydrogen-bond acceptors (Lipinski definition) is 12. The van der Waals surface area contributed by atoms with Crippen molar-refractivity contribution in [3.8, 4) is 34.6 Å². The molecule has 6 N–H and O–H groups in total. The third-order valence-corrected chi connectivity index (χ3v) is 11.5. The van der Waals surface area contributed by atoms with Crippen LogP contribution in [0.15, 0.2) is 48.5 Å². The van der Waals surface area contributed by atoms with Gasteiger partial charge in [-0.05, 0) is 111 Å². The molecule has 4 aromatic rings. The maximum atomic E-state index is 11.8. The largest absolute Gasteiger partial charge is 0.481 e. The molecule has 2 atom stereocenters. The minimum Gasteiger partial charge on any atom is -0.481 e. The summed E-state index contributed by atoms with van der Waals surface area (Å²) in [5.41, 5.74) is 7.14. The van der Waals surface area contributed by atoms with Crippen LogP contribution in [0.25, 0.3) is 11.1 Å². The summed E-state index contributed by atoms with van der Waals surface area (Å²) in [6.07, 6.45) is 3.81. The minimum atomic E-state index is -1.51. The fourth-order valence-electron chi connectivity index (χ4n) is 7.15. The number of rotatable bonds is 22. The number of pyridine rings is 2. The van der Waals surface area contributed by atoms with Gasteiger partial charge < -0.3 is 44.7 Å². The number of aromatic nitrogens is 2. The van der Waals surface area contributed by atoms with E-state index in [0.717, 1.165) is 75.8 Å². The van der Waals surface area contributed by atoms with E-state index in [1.165, 1.54) is 14.0 Å². The van der Waals surface area contributed by atoms with E-state index in [0.29, 0.717) is 35.0 Å². The molecule has 2 fully saturated rings. The second kappa shape index (κ2) is 18.3. The standard InChI is InChI=1S/C45H56N4O10/c1-26-30(22-58-41-36(28-13-14-28)17-32(39(48-41)56-5)20-46-44(3,24-50)19-38(52)53)9-7-11-34(26)35-12-8-10-31(27(35)2)23-59-42-37(29-15-16-29)18-33(40(49-42)57-6)21-47-45(4,25-51)43(54)55/h7-12,17-18,28-29,46-47,50-51H,13-16,19-25H2,1-6H3,(H,52,53)(H,54,55)/t44-,45+/m0/s1. The van der Waals surface area contributed by atoms with Crippen molar-refractivity contribution in [3.05, 3.63) is 93.0 Å². The van der Waals surface area contributed by atoms with E-state index in [2.05, 4.69) is 42.7 Å². The summed E-state index contributed by atoms with van der Waals surface area (Å²) in [6, 6.07) is 16.3. The van der Waals surface area contributed by atoms with Crippen molar-refractivity contribution in [1.82, 2.24) is 20.6 Å². The molecule has 0 aliphatic heterocycles. The summed E-state index contributed by atoms with van der Waals surface area (Å²) in [4.78, 5) is 32.7. The minimum absolute atomic E-state index is 0.143. The first kappa shape index (κ1) is 43.3. The highest BCUT2D eigenvalue weighted by atomic mass is 16.5. The molecular formula is C45H56N4O10. The number of aliphatic hydroxyl groups excluding tert-OH is 2. The van der Waals surface area contributed by atoms with E-state index >= 15 is 0 Å². The Hall–Kier alpha value is -5.28. The molecule has 14 nitrogen and oxygen atoms in total. The van der Waals surface area contributed by atoms with Crippen LogP contribution in [0, 0.1) is 13.8 Å². The first-order valence-electron chi connectivity index (χ1n) is 20.0. The topological polar surface area (TPSA) is 202 Å². The molecule has 2 aromatic heterocycles. The Bertz CT molecular complexity index is 2170. The van der Waals surface area contributed by atoms with Gasteiger partial charge in [0.05, 0.1) is 33.9 Å². The lowest BCUT2D eigenvalue weighted by Gasteiger charge is -2.27. The molecule has 0 radical (unpaired) electrons. The number of ether oxygens (including phenoxy) is 4. The van der Waals surface area contributed by atoms with Crippen LogP contribution in [-0.4, -0.2) is 80.8 Å². The van der Waals surface area contributed by atoms with Gasteiger partial charge >= 0.3 is 11.9 Å². The summed E-state index contributed by atoms with van der Waals surface area (Å²) >= 11 is 0. The number of carbonyl (C=O) groups is 2. The number of carboxylic acids is 2. The van der Waals surface area contributed by atoms with E-state index in [-0.39, 0.29) is 45.2 Å². The molecule has 2 aliphatic rings. The molecule has 0 spiro atoms. The molecule has 59 heavy (non-hydrogen) atoms. The fourth-order valence-corrected chi connectivity index (χ4v) is 7.15. The molecule has 0 unspecified atom stereocenters. The third-order valence-electron chi connectivity index (χ3n) is 11.5. The van der Waals surface area contributed by atoms with Crippen LogP contribution in [0.5, 0.6) is 23.5 Å². The van der Waals surface area contributed by atoms with Crippen LogP contribution in [0.4, 0.5) is 0 Å². The smallest absolute Gasteiger partial charge is 0.326 e. The maximum absolute atomic E-state index is 11.8. The Morgan fingerprint density at radius 3 is 1.53 bits per heavy atom. The van der Waals surface area contributed by atoms with Gasteiger partial charge in [-0.15, -0.1) is 0 Å². The zero-order valence-electron chi connectivity index (χ0n) is 34.7. The van der Waals surface area contributed by atoms with Gasteiger partial charge in [-0.3, -0.25) is 14.9 Å². The van der Waals surface area contributed by atoms with Crippen molar-refractivity contribution in [2.45, 2.75) is 109 Å². The second-order valence-electron chi connectivity index (χ2n) is 16.2. The molecule has 0 saturated heterocycles. The summed E-state index contributed by atoms with van der Waals surface area (Å²) in [5.74, 6) is 0.136. The highest BCUT2D eigenvalue weighted by Crippen LogP contribution is 2.46. The molecule has 2 saturated carbocycles. The van der Waals surface area contributed by atoms with E-state index in [1.54, 1.807) is 14.0 Å². The Labute approximate surface area is 344 Å². The van der Waals surface area contributed by atoms with Gasteiger partial charge in [0.25, 0.3) is 0 Å². The van der Waals surface area contributed by atoms with Crippen LogP contribution < -0.4 is 29.6 Å². The number of methoxy groups -OCH3 is 2. The number of hydrogen-bond donors (Lipinski definition) is 6. The predicted octanol–water partition coefficient (Wildman–Crippen LogP) is 5.93. The van der Waals surface area contributed by atoms with Crippen LogP contribution >= 0.6 is 0 Å². The third kappa shape index (κ3) is 10.1. The molecule has 0 bridgehead atoms. The number of aliphatic carboxylic acids is 2. The van der Waals surface area contributed by atoms with Crippen molar-refractivity contribution in [1.29, 1.82) is 0 Å². The van der Waals surface area contributed by atoms with E-state index in [4.69, 9.17) is 28.9 Å². The number of nitrogens with zero attached hydrogens (tertiary/aromatic N) is 2. The van der Waals surface area contributed by atoms with E-state index < -0.39 is 29.6 Å². The van der Waals surface area contributed by atoms with Crippen molar-refractivity contribution in [2.24, 2.45) is 0 Å². The zero-order valence-corrected chi connectivity index (χ0v) is 34.7. The van der Waals surface area contributed by atoms with Gasteiger partial charge in [0, 0.05) is 40.9 Å². The molecule has 2 aromatic carbocycles. The van der Waals surface area contributed by atoms with Gasteiger partial charge in [-0.2, -0.15) is 9.97 Å². The molecular weight excluding hydrogens is 757 g/mol. The van der Waals surface area contributed by atoms with Gasteiger partial charge in [-0.25, -0.2) is 0 Å². The Balaban J connectivity index is 1.19. The summed E-state index contributed by atoms with van der Waals surface area (Å²) in [6.45, 7) is 7.34. The predicted molar refractivity (Wildman–Crippen MR) is 220 cm³/mol. The number of benzene rings is 2. The number of aliphatic hydroxyl groups is 2. The molecule has 0 amide bonds. The van der Waals surface area contributed by atoms with Crippen LogP contribution in [0.3, 0.4) is 0 Å². The fraction of sp³-hybridized carbons (Fsp3) is 0.467. The van der Waals surface area contributed by atoms with E-state index in [1.807, 2.05) is 30.3 Å². The van der Waals surface area contributed by atoms with Crippen LogP contribution in [0.1, 0.15) is 102 Å². The molecule has 14 heteroatoms. The summed E-state index contributed by atoms with van der Waals surface area (Å²) in [7, 11) is 3.06. The van der Waals surface area contributed by atoms with Crippen molar-refractivity contribution in [3.63, 3.8) is 0 Å². The Morgan fingerprint density at radius 1 is 0.695 bits per heavy atom. The normalized spacial score (nSPS) is 15.9. The zero-order chi connectivity index (χ0) is 42.5. The lowest BCUT2D eigenvalue weighted by atomic mass is 9.92. The second-order valence-corrected chi connectivity index (χ2v) is 16.2. The summed E-state index contributed by atoms with van der Waals surface area (Å²) in [5, 5.41) is 44.7. The van der Waals surface area contributed by atoms with Crippen molar-refractivity contribution < 1.29 is 49.0 Å². The molecule has 316 valence electrons. The quantitative estimate of drug-likeness (QED) is 0.0545. The van der Waals surface area contributed by atoms with Crippen LogP contribution in [0.2, 0.25) is 0 Å². The molecule has 2 heterocycles. The lowest BCUT2D eigenvalue weighted by Crippen LogP contribution is -2.52.